The van der Waals surface area contributed by atoms with Crippen LogP contribution in [0.5, 0.6) is 11.5 Å². The Bertz CT molecular complexity index is 1100. The number of esters is 1. The first-order valence-electron chi connectivity index (χ1n) is 9.47. The number of pyridine rings is 1. The predicted molar refractivity (Wildman–Crippen MR) is 113 cm³/mol. The van der Waals surface area contributed by atoms with Crippen LogP contribution in [0.25, 0.3) is 0 Å². The first kappa shape index (κ1) is 21.6. The van der Waals surface area contributed by atoms with Crippen LogP contribution < -0.4 is 14.9 Å². The molecule has 0 saturated heterocycles. The molecule has 0 spiro atoms. The first-order valence-corrected chi connectivity index (χ1v) is 9.47. The molecule has 0 bridgehead atoms. The minimum atomic E-state index is -0.638. The summed E-state index contributed by atoms with van der Waals surface area (Å²) in [6.45, 7) is 3.97. The summed E-state index contributed by atoms with van der Waals surface area (Å²) in [5.41, 5.74) is 4.45. The Hall–Kier alpha value is -4.07. The maximum atomic E-state index is 13.0. The number of carbonyl (C=O) groups excluding carboxylic acids is 2. The smallest absolute Gasteiger partial charge is 0.343 e. The average Bonchev–Trinajstić information content (AvgIpc) is 2.76. The number of carbonyl (C=O) groups is 2. The van der Waals surface area contributed by atoms with Crippen LogP contribution in [0.3, 0.4) is 0 Å². The zero-order valence-electron chi connectivity index (χ0n) is 17.0. The van der Waals surface area contributed by atoms with Crippen LogP contribution in [0.1, 0.15) is 38.9 Å². The lowest BCUT2D eigenvalue weighted by molar-refractivity contribution is 0.0728. The zero-order valence-corrected chi connectivity index (χ0v) is 17.0. The van der Waals surface area contributed by atoms with E-state index in [1.54, 1.807) is 37.3 Å². The van der Waals surface area contributed by atoms with Gasteiger partial charge in [-0.2, -0.15) is 5.10 Å². The van der Waals surface area contributed by atoms with Gasteiger partial charge < -0.3 is 9.47 Å². The number of aromatic nitrogens is 1. The Labute approximate surface area is 178 Å². The van der Waals surface area contributed by atoms with Crippen molar-refractivity contribution in [3.63, 3.8) is 0 Å². The maximum absolute atomic E-state index is 13.0. The number of hydrogen-bond donors (Lipinski definition) is 1. The van der Waals surface area contributed by atoms with E-state index in [1.165, 1.54) is 36.7 Å². The second kappa shape index (κ2) is 10.1. The number of benzene rings is 2. The lowest BCUT2D eigenvalue weighted by atomic mass is 10.2. The number of halogens is 1. The van der Waals surface area contributed by atoms with Gasteiger partial charge in [0, 0.05) is 11.9 Å². The van der Waals surface area contributed by atoms with Gasteiger partial charge in [0.15, 0.2) is 11.5 Å². The SMILES string of the molecule is CCOc1cc(/C=N/NC(=O)c2ccc(C)nc2)ccc1OC(=O)c1ccc(F)cc1. The summed E-state index contributed by atoms with van der Waals surface area (Å²) in [6, 6.07) is 13.3. The molecule has 0 saturated carbocycles. The van der Waals surface area contributed by atoms with Gasteiger partial charge >= 0.3 is 5.97 Å². The lowest BCUT2D eigenvalue weighted by Gasteiger charge is -2.11. The topological polar surface area (TPSA) is 89.9 Å². The van der Waals surface area contributed by atoms with Crippen molar-refractivity contribution in [3.8, 4) is 11.5 Å². The number of hydrogen-bond acceptors (Lipinski definition) is 6. The van der Waals surface area contributed by atoms with Gasteiger partial charge in [0.05, 0.1) is 23.9 Å². The Kier molecular flexibility index (Phi) is 7.05. The van der Waals surface area contributed by atoms with E-state index in [2.05, 4.69) is 15.5 Å². The number of amides is 1. The summed E-state index contributed by atoms with van der Waals surface area (Å²) in [7, 11) is 0. The van der Waals surface area contributed by atoms with Gasteiger partial charge in [-0.15, -0.1) is 0 Å². The monoisotopic (exact) mass is 421 g/mol. The largest absolute Gasteiger partial charge is 0.490 e. The summed E-state index contributed by atoms with van der Waals surface area (Å²) < 4.78 is 24.0. The van der Waals surface area contributed by atoms with Crippen molar-refractivity contribution in [2.75, 3.05) is 6.61 Å². The summed E-state index contributed by atoms with van der Waals surface area (Å²) in [4.78, 5) is 28.4. The molecule has 2 aromatic carbocycles. The van der Waals surface area contributed by atoms with E-state index < -0.39 is 17.7 Å². The number of hydrazone groups is 1. The van der Waals surface area contributed by atoms with E-state index in [9.17, 15) is 14.0 Å². The Morgan fingerprint density at radius 3 is 2.48 bits per heavy atom. The van der Waals surface area contributed by atoms with E-state index in [0.717, 1.165) is 5.69 Å². The molecule has 1 amide bonds. The minimum absolute atomic E-state index is 0.211. The average molecular weight is 421 g/mol. The Morgan fingerprint density at radius 1 is 1.06 bits per heavy atom. The molecular weight excluding hydrogens is 401 g/mol. The van der Waals surface area contributed by atoms with Crippen molar-refractivity contribution < 1.29 is 23.5 Å². The highest BCUT2D eigenvalue weighted by molar-refractivity contribution is 5.94. The van der Waals surface area contributed by atoms with Crippen LogP contribution in [-0.4, -0.2) is 29.7 Å². The molecule has 3 rings (SSSR count). The van der Waals surface area contributed by atoms with E-state index in [1.807, 2.05) is 6.92 Å². The Morgan fingerprint density at radius 2 is 1.81 bits per heavy atom. The van der Waals surface area contributed by atoms with Gasteiger partial charge in [-0.25, -0.2) is 14.6 Å². The highest BCUT2D eigenvalue weighted by atomic mass is 19.1. The number of aryl methyl sites for hydroxylation is 1. The van der Waals surface area contributed by atoms with Gasteiger partial charge in [-0.3, -0.25) is 9.78 Å². The lowest BCUT2D eigenvalue weighted by Crippen LogP contribution is -2.17. The molecule has 0 aliphatic rings. The molecule has 0 radical (unpaired) electrons. The normalized spacial score (nSPS) is 10.7. The molecule has 31 heavy (non-hydrogen) atoms. The van der Waals surface area contributed by atoms with Crippen molar-refractivity contribution in [3.05, 3.63) is 89.0 Å². The third kappa shape index (κ3) is 5.96. The van der Waals surface area contributed by atoms with E-state index >= 15 is 0 Å². The van der Waals surface area contributed by atoms with Gasteiger partial charge in [-0.05, 0) is 74.0 Å². The molecule has 0 unspecified atom stereocenters. The van der Waals surface area contributed by atoms with Gasteiger partial charge in [-0.1, -0.05) is 0 Å². The molecule has 0 aliphatic carbocycles. The first-order chi connectivity index (χ1) is 15.0. The molecular formula is C23H20FN3O4. The molecule has 0 atom stereocenters. The molecule has 7 nitrogen and oxygen atoms in total. The van der Waals surface area contributed by atoms with Gasteiger partial charge in [0.2, 0.25) is 0 Å². The highest BCUT2D eigenvalue weighted by Crippen LogP contribution is 2.29. The number of rotatable bonds is 7. The number of ether oxygens (including phenoxy) is 2. The van der Waals surface area contributed by atoms with E-state index in [-0.39, 0.29) is 11.3 Å². The summed E-state index contributed by atoms with van der Waals surface area (Å²) in [6.07, 6.45) is 2.91. The fraction of sp³-hybridized carbons (Fsp3) is 0.130. The predicted octanol–water partition coefficient (Wildman–Crippen LogP) is 3.91. The molecule has 1 N–H and O–H groups in total. The zero-order chi connectivity index (χ0) is 22.2. The second-order valence-electron chi connectivity index (χ2n) is 6.42. The molecule has 0 aliphatic heterocycles. The van der Waals surface area contributed by atoms with Crippen LogP contribution >= 0.6 is 0 Å². The highest BCUT2D eigenvalue weighted by Gasteiger charge is 2.13. The van der Waals surface area contributed by atoms with Crippen LogP contribution in [0.2, 0.25) is 0 Å². The quantitative estimate of drug-likeness (QED) is 0.270. The summed E-state index contributed by atoms with van der Waals surface area (Å²) in [5, 5.41) is 3.94. The molecule has 0 fully saturated rings. The fourth-order valence-electron chi connectivity index (χ4n) is 2.53. The third-order valence-electron chi connectivity index (χ3n) is 4.10. The van der Waals surface area contributed by atoms with Crippen LogP contribution in [0.4, 0.5) is 4.39 Å². The maximum Gasteiger partial charge on any atom is 0.343 e. The summed E-state index contributed by atoms with van der Waals surface area (Å²) in [5.74, 6) is -0.931. The van der Waals surface area contributed by atoms with Crippen LogP contribution in [-0.2, 0) is 0 Å². The summed E-state index contributed by atoms with van der Waals surface area (Å²) >= 11 is 0. The molecule has 1 aromatic heterocycles. The Balaban J connectivity index is 1.69. The molecule has 1 heterocycles. The second-order valence-corrected chi connectivity index (χ2v) is 6.42. The fourth-order valence-corrected chi connectivity index (χ4v) is 2.53. The molecule has 158 valence electrons. The van der Waals surface area contributed by atoms with Crippen molar-refractivity contribution in [1.82, 2.24) is 10.4 Å². The standard InChI is InChI=1S/C23H20FN3O4/c1-3-30-21-12-16(13-26-27-22(28)18-6-4-15(2)25-14-18)5-11-20(21)31-23(29)17-7-9-19(24)10-8-17/h4-14H,3H2,1-2H3,(H,27,28)/b26-13+. The van der Waals surface area contributed by atoms with E-state index in [4.69, 9.17) is 9.47 Å². The van der Waals surface area contributed by atoms with Crippen molar-refractivity contribution in [1.29, 1.82) is 0 Å². The number of nitrogens with zero attached hydrogens (tertiary/aromatic N) is 2. The van der Waals surface area contributed by atoms with Crippen molar-refractivity contribution >= 4 is 18.1 Å². The van der Waals surface area contributed by atoms with Gasteiger partial charge in [0.25, 0.3) is 5.91 Å². The van der Waals surface area contributed by atoms with Crippen LogP contribution in [0.15, 0.2) is 65.9 Å². The molecule has 8 heteroatoms. The van der Waals surface area contributed by atoms with E-state index in [0.29, 0.717) is 23.5 Å². The number of nitrogens with one attached hydrogen (secondary N) is 1. The van der Waals surface area contributed by atoms with Crippen molar-refractivity contribution in [2.24, 2.45) is 5.10 Å². The molecule has 3 aromatic rings. The van der Waals surface area contributed by atoms with Crippen LogP contribution in [0, 0.1) is 12.7 Å². The third-order valence-corrected chi connectivity index (χ3v) is 4.10. The van der Waals surface area contributed by atoms with Gasteiger partial charge in [0.1, 0.15) is 5.82 Å². The minimum Gasteiger partial charge on any atom is -0.490 e. The van der Waals surface area contributed by atoms with Crippen molar-refractivity contribution in [2.45, 2.75) is 13.8 Å².